The quantitative estimate of drug-likeness (QED) is 0.0787. The predicted octanol–water partition coefficient (Wildman–Crippen LogP) is 5.12. The van der Waals surface area contributed by atoms with E-state index in [1.165, 1.54) is 13.2 Å². The fraction of sp³-hybridized carbons (Fsp3) is 0.457. The van der Waals surface area contributed by atoms with Gasteiger partial charge in [0, 0.05) is 48.6 Å². The number of piperidine rings is 1. The van der Waals surface area contributed by atoms with Crippen molar-refractivity contribution in [2.75, 3.05) is 24.7 Å². The molecule has 5 heterocycles. The summed E-state index contributed by atoms with van der Waals surface area (Å²) in [4.78, 5) is 58.0. The summed E-state index contributed by atoms with van der Waals surface area (Å²) in [7, 11) is -3.09. The Balaban J connectivity index is 1.23. The van der Waals surface area contributed by atoms with Crippen LogP contribution < -0.4 is 5.32 Å². The van der Waals surface area contributed by atoms with Crippen LogP contribution in [0.1, 0.15) is 60.5 Å². The molecule has 0 unspecified atom stereocenters. The van der Waals surface area contributed by atoms with Gasteiger partial charge in [-0.1, -0.05) is 35.6 Å². The maximum absolute atomic E-state index is 14.2. The highest BCUT2D eigenvalue weighted by atomic mass is 127. The van der Waals surface area contributed by atoms with E-state index in [0.29, 0.717) is 66.0 Å². The van der Waals surface area contributed by atoms with Crippen LogP contribution in [0, 0.1) is 19.8 Å². The van der Waals surface area contributed by atoms with E-state index < -0.39 is 15.9 Å². The van der Waals surface area contributed by atoms with E-state index in [1.807, 2.05) is 45.0 Å². The van der Waals surface area contributed by atoms with Crippen molar-refractivity contribution in [3.63, 3.8) is 0 Å². The maximum Gasteiger partial charge on any atom is 0.248 e. The van der Waals surface area contributed by atoms with Gasteiger partial charge in [-0.15, -0.1) is 0 Å². The Morgan fingerprint density at radius 3 is 2.39 bits per heavy atom. The molecule has 13 nitrogen and oxygen atoms in total. The van der Waals surface area contributed by atoms with Gasteiger partial charge >= 0.3 is 0 Å². The van der Waals surface area contributed by atoms with Gasteiger partial charge in [0.05, 0.1) is 14.8 Å². The average molecular weight is 892 g/mol. The van der Waals surface area contributed by atoms with Crippen LogP contribution in [0.4, 0.5) is 5.82 Å². The van der Waals surface area contributed by atoms with Crippen molar-refractivity contribution in [3.05, 3.63) is 63.9 Å². The molecule has 4 aromatic rings. The molecule has 2 fully saturated rings. The molecular formula is C35H40BrIN8O5S. The molecule has 0 bridgehead atoms. The van der Waals surface area contributed by atoms with Crippen molar-refractivity contribution in [1.29, 1.82) is 0 Å². The SMILES string of the molecule is CC(=O)c1nn(CC(=O)N2[C@H](I)[C@@H](C)C[C@H]2C(=O)Nc2nc(Br)ccc2CN2CCC(S(C)(=O)=O)CC2)c2c(C)cc(-c3cnc(C)nc3)cc12. The smallest absolute Gasteiger partial charge is 0.248 e. The number of hydrogen-bond acceptors (Lipinski definition) is 10. The van der Waals surface area contributed by atoms with Crippen molar-refractivity contribution >= 4 is 82.7 Å². The highest BCUT2D eigenvalue weighted by molar-refractivity contribution is 14.1. The van der Waals surface area contributed by atoms with E-state index in [0.717, 1.165) is 22.3 Å². The second-order valence-corrected chi connectivity index (χ2v) is 18.0. The van der Waals surface area contributed by atoms with Crippen LogP contribution in [0.3, 0.4) is 0 Å². The number of carbonyl (C=O) groups is 3. The van der Waals surface area contributed by atoms with Crippen molar-refractivity contribution in [1.82, 2.24) is 34.5 Å². The maximum atomic E-state index is 14.2. The number of nitrogens with zero attached hydrogens (tertiary/aromatic N) is 7. The number of aromatic nitrogens is 5. The molecule has 0 aliphatic carbocycles. The Bertz CT molecular complexity index is 2120. The number of benzene rings is 1. The molecule has 1 N–H and O–H groups in total. The molecule has 270 valence electrons. The molecule has 2 aliphatic rings. The van der Waals surface area contributed by atoms with E-state index in [2.05, 4.69) is 68.8 Å². The molecule has 3 atom stereocenters. The van der Waals surface area contributed by atoms with E-state index in [4.69, 9.17) is 0 Å². The summed E-state index contributed by atoms with van der Waals surface area (Å²) in [6.07, 6.45) is 6.34. The third-order valence-corrected chi connectivity index (χ3v) is 13.7. The number of carbonyl (C=O) groups excluding carboxylic acids is 3. The normalized spacial score (nSPS) is 20.2. The number of alkyl halides is 1. The third-order valence-electron chi connectivity index (χ3n) is 9.74. The number of rotatable bonds is 9. The molecule has 0 radical (unpaired) electrons. The van der Waals surface area contributed by atoms with Crippen LogP contribution in [0.2, 0.25) is 0 Å². The minimum atomic E-state index is -3.09. The van der Waals surface area contributed by atoms with Gasteiger partial charge in [-0.05, 0) is 97.4 Å². The molecule has 2 saturated heterocycles. The van der Waals surface area contributed by atoms with E-state index in [1.54, 1.807) is 22.0 Å². The number of halogens is 2. The summed E-state index contributed by atoms with van der Waals surface area (Å²) in [6.45, 7) is 8.78. The van der Waals surface area contributed by atoms with Gasteiger partial charge in [0.15, 0.2) is 5.78 Å². The number of Topliss-reactive ketones (excluding diaryl/α,β-unsaturated/α-hetero) is 1. The number of anilines is 1. The molecule has 0 saturated carbocycles. The standard InChI is InChI=1S/C35H40BrIN8O5S/c1-19-12-24(25-15-38-22(4)39-16-25)14-27-31(21(3)46)42-44(32(19)27)18-30(47)45-28(13-20(2)33(45)37)35(48)41-34-23(6-7-29(36)40-34)17-43-10-8-26(9-11-43)51(5,49)50/h6-7,12,14-16,20,26,28,33H,8-11,13,17-18H2,1-5H3,(H,40,41,48)/t20-,28-,33-/m0/s1. The molecule has 51 heavy (non-hydrogen) atoms. The topological polar surface area (TPSA) is 160 Å². The number of amides is 2. The van der Waals surface area contributed by atoms with Crippen LogP contribution >= 0.6 is 38.5 Å². The Morgan fingerprint density at radius 1 is 1.06 bits per heavy atom. The number of pyridine rings is 1. The number of nitrogens with one attached hydrogen (secondary N) is 1. The van der Waals surface area contributed by atoms with Gasteiger partial charge in [0.1, 0.15) is 44.4 Å². The zero-order valence-electron chi connectivity index (χ0n) is 29.1. The third kappa shape index (κ3) is 8.03. The minimum absolute atomic E-state index is 0.0412. The lowest BCUT2D eigenvalue weighted by Gasteiger charge is -2.31. The Labute approximate surface area is 319 Å². The number of likely N-dealkylation sites (tertiary alicyclic amines) is 2. The Morgan fingerprint density at radius 2 is 1.75 bits per heavy atom. The van der Waals surface area contributed by atoms with Crippen molar-refractivity contribution < 1.29 is 22.8 Å². The van der Waals surface area contributed by atoms with Crippen LogP contribution in [-0.4, -0.2) is 95.2 Å². The second-order valence-electron chi connectivity index (χ2n) is 13.6. The number of ketones is 1. The number of hydrogen-bond donors (Lipinski definition) is 1. The Hall–Kier alpha value is -3.35. The summed E-state index contributed by atoms with van der Waals surface area (Å²) in [5, 5.41) is 7.93. The monoisotopic (exact) mass is 890 g/mol. The van der Waals surface area contributed by atoms with Gasteiger partial charge in [0.2, 0.25) is 11.8 Å². The summed E-state index contributed by atoms with van der Waals surface area (Å²) in [5.74, 6) is 0.239. The summed E-state index contributed by atoms with van der Waals surface area (Å²) in [6, 6.07) is 6.80. The van der Waals surface area contributed by atoms with Gasteiger partial charge < -0.3 is 10.2 Å². The van der Waals surface area contributed by atoms with E-state index in [-0.39, 0.29) is 45.1 Å². The highest BCUT2D eigenvalue weighted by Gasteiger charge is 2.44. The first kappa shape index (κ1) is 37.4. The highest BCUT2D eigenvalue weighted by Crippen LogP contribution is 2.36. The molecule has 0 spiro atoms. The fourth-order valence-electron chi connectivity index (χ4n) is 7.03. The average Bonchev–Trinajstić information content (AvgIpc) is 3.59. The van der Waals surface area contributed by atoms with Crippen LogP contribution in [0.15, 0.2) is 41.3 Å². The van der Waals surface area contributed by atoms with Crippen LogP contribution in [0.25, 0.3) is 22.0 Å². The number of sulfone groups is 1. The lowest BCUT2D eigenvalue weighted by molar-refractivity contribution is -0.137. The van der Waals surface area contributed by atoms with Crippen molar-refractivity contribution in [2.24, 2.45) is 5.92 Å². The van der Waals surface area contributed by atoms with E-state index in [9.17, 15) is 22.8 Å². The molecular weight excluding hydrogens is 851 g/mol. The van der Waals surface area contributed by atoms with Gasteiger partial charge in [-0.25, -0.2) is 23.4 Å². The number of fused-ring (bicyclic) bond motifs is 1. The molecule has 16 heteroatoms. The van der Waals surface area contributed by atoms with Gasteiger partial charge in [-0.3, -0.25) is 24.0 Å². The first-order valence-electron chi connectivity index (χ1n) is 16.7. The van der Waals surface area contributed by atoms with E-state index >= 15 is 0 Å². The van der Waals surface area contributed by atoms with Gasteiger partial charge in [0.25, 0.3) is 0 Å². The van der Waals surface area contributed by atoms with Crippen molar-refractivity contribution in [2.45, 2.75) is 75.4 Å². The molecule has 3 aromatic heterocycles. The summed E-state index contributed by atoms with van der Waals surface area (Å²) >= 11 is 5.65. The first-order chi connectivity index (χ1) is 24.1. The molecule has 6 rings (SSSR count). The van der Waals surface area contributed by atoms with Gasteiger partial charge in [-0.2, -0.15) is 5.10 Å². The summed E-state index contributed by atoms with van der Waals surface area (Å²) < 4.78 is 26.0. The molecule has 2 amide bonds. The summed E-state index contributed by atoms with van der Waals surface area (Å²) in [5.41, 5.74) is 4.21. The second kappa shape index (κ2) is 14.9. The Kier molecular flexibility index (Phi) is 11.0. The lowest BCUT2D eigenvalue weighted by atomic mass is 10.0. The predicted molar refractivity (Wildman–Crippen MR) is 206 cm³/mol. The fourth-order valence-corrected chi connectivity index (χ4v) is 9.39. The zero-order chi connectivity index (χ0) is 36.8. The zero-order valence-corrected chi connectivity index (χ0v) is 33.6. The molecule has 1 aromatic carbocycles. The largest absolute Gasteiger partial charge is 0.317 e. The first-order valence-corrected chi connectivity index (χ1v) is 20.7. The minimum Gasteiger partial charge on any atom is -0.317 e. The van der Waals surface area contributed by atoms with Crippen LogP contribution in [-0.2, 0) is 32.5 Å². The van der Waals surface area contributed by atoms with Crippen LogP contribution in [0.5, 0.6) is 0 Å². The molecule has 2 aliphatic heterocycles. The number of aryl methyl sites for hydroxylation is 2. The lowest BCUT2D eigenvalue weighted by Crippen LogP contribution is -2.47. The van der Waals surface area contributed by atoms with Crippen molar-refractivity contribution in [3.8, 4) is 11.1 Å².